The lowest BCUT2D eigenvalue weighted by Crippen LogP contribution is -2.37. The van der Waals surface area contributed by atoms with Crippen LogP contribution in [0.15, 0.2) is 12.4 Å². The number of thiocarbonyl (C=S) groups is 1. The van der Waals surface area contributed by atoms with Gasteiger partial charge in [0.15, 0.2) is 0 Å². The lowest BCUT2D eigenvalue weighted by Gasteiger charge is -2.31. The average molecular weight is 282 g/mol. The van der Waals surface area contributed by atoms with Crippen LogP contribution in [0.2, 0.25) is 0 Å². The maximum atomic E-state index is 5.53. The van der Waals surface area contributed by atoms with E-state index < -0.39 is 0 Å². The highest BCUT2D eigenvalue weighted by Gasteiger charge is 2.17. The van der Waals surface area contributed by atoms with Crippen LogP contribution in [0.25, 0.3) is 0 Å². The van der Waals surface area contributed by atoms with E-state index in [2.05, 4.69) is 28.7 Å². The van der Waals surface area contributed by atoms with Gasteiger partial charge in [-0.2, -0.15) is 0 Å². The first-order valence-corrected chi connectivity index (χ1v) is 6.92. The molecule has 0 aromatic carbocycles. The van der Waals surface area contributed by atoms with E-state index in [4.69, 9.17) is 22.7 Å². The van der Waals surface area contributed by atoms with Gasteiger partial charge in [0.2, 0.25) is 0 Å². The number of rotatable bonds is 8. The summed E-state index contributed by atoms with van der Waals surface area (Å²) in [7, 11) is 1.70. The number of ether oxygens (including phenoxy) is 1. The molecule has 1 aromatic heterocycles. The van der Waals surface area contributed by atoms with Gasteiger partial charge in [0.05, 0.1) is 19.0 Å². The van der Waals surface area contributed by atoms with Crippen molar-refractivity contribution in [3.8, 4) is 0 Å². The molecule has 0 aliphatic heterocycles. The second-order valence-electron chi connectivity index (χ2n) is 4.28. The summed E-state index contributed by atoms with van der Waals surface area (Å²) in [6.45, 7) is 5.80. The van der Waals surface area contributed by atoms with Gasteiger partial charge in [-0.3, -0.25) is 0 Å². The standard InChI is InChI=1S/C13H22N4OS/c1-4-10(5-2)17(6-7-18-3)12-9-15-11(8-16-12)13(14)19/h8-10H,4-7H2,1-3H3,(H2,14,19). The largest absolute Gasteiger partial charge is 0.388 e. The van der Waals surface area contributed by atoms with Crippen LogP contribution in [-0.2, 0) is 4.74 Å². The lowest BCUT2D eigenvalue weighted by atomic mass is 10.1. The van der Waals surface area contributed by atoms with E-state index in [1.165, 1.54) is 0 Å². The third-order valence-electron chi connectivity index (χ3n) is 3.10. The Morgan fingerprint density at radius 1 is 1.37 bits per heavy atom. The Balaban J connectivity index is 2.92. The molecule has 0 atom stereocenters. The number of anilines is 1. The fourth-order valence-corrected chi connectivity index (χ4v) is 2.11. The summed E-state index contributed by atoms with van der Waals surface area (Å²) in [5.74, 6) is 0.839. The average Bonchev–Trinajstić information content (AvgIpc) is 2.43. The van der Waals surface area contributed by atoms with Crippen LogP contribution in [0, 0.1) is 0 Å². The Bertz CT molecular complexity index is 392. The van der Waals surface area contributed by atoms with Crippen LogP contribution in [0.1, 0.15) is 32.4 Å². The molecule has 0 radical (unpaired) electrons. The van der Waals surface area contributed by atoms with Crippen LogP contribution >= 0.6 is 12.2 Å². The van der Waals surface area contributed by atoms with E-state index >= 15 is 0 Å². The maximum absolute atomic E-state index is 5.53. The third kappa shape index (κ3) is 4.40. The van der Waals surface area contributed by atoms with Gasteiger partial charge in [0, 0.05) is 19.7 Å². The molecular formula is C13H22N4OS. The van der Waals surface area contributed by atoms with Crippen LogP contribution in [0.4, 0.5) is 5.82 Å². The number of nitrogens with zero attached hydrogens (tertiary/aromatic N) is 3. The van der Waals surface area contributed by atoms with Crippen LogP contribution in [0.3, 0.4) is 0 Å². The summed E-state index contributed by atoms with van der Waals surface area (Å²) >= 11 is 4.88. The van der Waals surface area contributed by atoms with Crippen LogP contribution in [0.5, 0.6) is 0 Å². The highest BCUT2D eigenvalue weighted by Crippen LogP contribution is 2.17. The van der Waals surface area contributed by atoms with E-state index in [9.17, 15) is 0 Å². The van der Waals surface area contributed by atoms with Crippen LogP contribution in [-0.4, -0.2) is 41.3 Å². The van der Waals surface area contributed by atoms with E-state index in [1.54, 1.807) is 19.5 Å². The Kier molecular flexibility index (Phi) is 6.66. The van der Waals surface area contributed by atoms with E-state index in [0.717, 1.165) is 25.2 Å². The zero-order valence-electron chi connectivity index (χ0n) is 11.8. The quantitative estimate of drug-likeness (QED) is 0.733. The normalized spacial score (nSPS) is 10.7. The highest BCUT2D eigenvalue weighted by atomic mass is 32.1. The molecule has 1 rings (SSSR count). The number of hydrogen-bond donors (Lipinski definition) is 1. The number of nitrogens with two attached hydrogens (primary N) is 1. The minimum Gasteiger partial charge on any atom is -0.388 e. The van der Waals surface area contributed by atoms with Gasteiger partial charge in [0.25, 0.3) is 0 Å². The summed E-state index contributed by atoms with van der Waals surface area (Å²) in [6, 6.07) is 0.431. The highest BCUT2D eigenvalue weighted by molar-refractivity contribution is 7.80. The Labute approximate surface area is 120 Å². The molecular weight excluding hydrogens is 260 g/mol. The molecule has 0 fully saturated rings. The molecule has 106 valence electrons. The van der Waals surface area contributed by atoms with Gasteiger partial charge in [0.1, 0.15) is 16.5 Å². The molecule has 0 saturated carbocycles. The second-order valence-corrected chi connectivity index (χ2v) is 4.72. The van der Waals surface area contributed by atoms with Gasteiger partial charge in [-0.15, -0.1) is 0 Å². The van der Waals surface area contributed by atoms with Crippen molar-refractivity contribution in [1.82, 2.24) is 9.97 Å². The first kappa shape index (κ1) is 15.8. The first-order chi connectivity index (χ1) is 9.13. The molecule has 5 nitrogen and oxygen atoms in total. The molecule has 0 unspecified atom stereocenters. The summed E-state index contributed by atoms with van der Waals surface area (Å²) in [5, 5.41) is 0. The van der Waals surface area contributed by atoms with Gasteiger partial charge in [-0.05, 0) is 12.8 Å². The van der Waals surface area contributed by atoms with Crippen molar-refractivity contribution in [1.29, 1.82) is 0 Å². The summed E-state index contributed by atoms with van der Waals surface area (Å²) in [6.07, 6.45) is 5.46. The van der Waals surface area contributed by atoms with E-state index in [0.29, 0.717) is 18.3 Å². The van der Waals surface area contributed by atoms with E-state index in [1.807, 2.05) is 0 Å². The molecule has 0 amide bonds. The molecule has 2 N–H and O–H groups in total. The molecule has 19 heavy (non-hydrogen) atoms. The number of aromatic nitrogens is 2. The molecule has 0 bridgehead atoms. The Morgan fingerprint density at radius 3 is 2.47 bits per heavy atom. The van der Waals surface area contributed by atoms with Gasteiger partial charge in [-0.25, -0.2) is 9.97 Å². The van der Waals surface area contributed by atoms with Crippen molar-refractivity contribution >= 4 is 23.0 Å². The molecule has 6 heteroatoms. The van der Waals surface area contributed by atoms with Crippen molar-refractivity contribution in [2.24, 2.45) is 5.73 Å². The van der Waals surface area contributed by atoms with Crippen molar-refractivity contribution < 1.29 is 4.74 Å². The first-order valence-electron chi connectivity index (χ1n) is 6.51. The molecule has 1 aromatic rings. The summed E-state index contributed by atoms with van der Waals surface area (Å²) < 4.78 is 5.16. The van der Waals surface area contributed by atoms with Crippen LogP contribution < -0.4 is 10.6 Å². The Hall–Kier alpha value is -1.27. The minimum absolute atomic E-state index is 0.269. The molecule has 1 heterocycles. The van der Waals surface area contributed by atoms with Crippen molar-refractivity contribution in [2.45, 2.75) is 32.7 Å². The van der Waals surface area contributed by atoms with Gasteiger partial charge >= 0.3 is 0 Å². The van der Waals surface area contributed by atoms with Gasteiger partial charge in [-0.1, -0.05) is 26.1 Å². The molecule has 0 spiro atoms. The van der Waals surface area contributed by atoms with Crippen molar-refractivity contribution in [2.75, 3.05) is 25.2 Å². The summed E-state index contributed by atoms with van der Waals surface area (Å²) in [5.41, 5.74) is 6.08. The fraction of sp³-hybridized carbons (Fsp3) is 0.615. The monoisotopic (exact) mass is 282 g/mol. The smallest absolute Gasteiger partial charge is 0.147 e. The number of methoxy groups -OCH3 is 1. The van der Waals surface area contributed by atoms with Crippen molar-refractivity contribution in [3.63, 3.8) is 0 Å². The SMILES string of the molecule is CCC(CC)N(CCOC)c1cnc(C(N)=S)cn1. The van der Waals surface area contributed by atoms with Crippen molar-refractivity contribution in [3.05, 3.63) is 18.1 Å². The number of hydrogen-bond acceptors (Lipinski definition) is 5. The zero-order chi connectivity index (χ0) is 14.3. The minimum atomic E-state index is 0.269. The van der Waals surface area contributed by atoms with Gasteiger partial charge < -0.3 is 15.4 Å². The second kappa shape index (κ2) is 8.01. The zero-order valence-corrected chi connectivity index (χ0v) is 12.6. The lowest BCUT2D eigenvalue weighted by molar-refractivity contribution is 0.202. The third-order valence-corrected chi connectivity index (χ3v) is 3.31. The van der Waals surface area contributed by atoms with E-state index in [-0.39, 0.29) is 4.99 Å². The molecule has 0 aliphatic rings. The molecule has 0 aliphatic carbocycles. The predicted octanol–water partition coefficient (Wildman–Crippen LogP) is 1.75. The maximum Gasteiger partial charge on any atom is 0.147 e. The predicted molar refractivity (Wildman–Crippen MR) is 81.5 cm³/mol. The Morgan fingerprint density at radius 2 is 2.05 bits per heavy atom. The topological polar surface area (TPSA) is 64.3 Å². The summed E-state index contributed by atoms with van der Waals surface area (Å²) in [4.78, 5) is 11.1. The fourth-order valence-electron chi connectivity index (χ4n) is 2.00. The molecule has 0 saturated heterocycles.